The van der Waals surface area contributed by atoms with Gasteiger partial charge < -0.3 is 19.7 Å². The zero-order valence-electron chi connectivity index (χ0n) is 12.2. The van der Waals surface area contributed by atoms with E-state index in [0.717, 1.165) is 25.2 Å². The Morgan fingerprint density at radius 2 is 2.24 bits per heavy atom. The van der Waals surface area contributed by atoms with Gasteiger partial charge in [-0.15, -0.1) is 0 Å². The van der Waals surface area contributed by atoms with Crippen LogP contribution in [0, 0.1) is 0 Å². The first-order valence-corrected chi connectivity index (χ1v) is 7.29. The van der Waals surface area contributed by atoms with Crippen LogP contribution >= 0.6 is 0 Å². The summed E-state index contributed by atoms with van der Waals surface area (Å²) in [5.41, 5.74) is 3.94. The van der Waals surface area contributed by atoms with Crippen molar-refractivity contribution in [3.8, 4) is 0 Å². The zero-order valence-corrected chi connectivity index (χ0v) is 12.2. The number of rotatable bonds is 5. The van der Waals surface area contributed by atoms with Crippen LogP contribution in [0.3, 0.4) is 0 Å². The van der Waals surface area contributed by atoms with Crippen molar-refractivity contribution in [2.75, 3.05) is 25.1 Å². The SMILES string of the molecule is CN1CCc2cc(Cc3nccn3CC(O)CO)ccc21. The Bertz CT molecular complexity index is 624. The third-order valence-corrected chi connectivity index (χ3v) is 4.05. The van der Waals surface area contributed by atoms with Gasteiger partial charge in [0.05, 0.1) is 19.3 Å². The summed E-state index contributed by atoms with van der Waals surface area (Å²) in [5.74, 6) is 0.911. The number of nitrogens with zero attached hydrogens (tertiary/aromatic N) is 3. The van der Waals surface area contributed by atoms with Crippen molar-refractivity contribution >= 4 is 5.69 Å². The summed E-state index contributed by atoms with van der Waals surface area (Å²) in [5, 5.41) is 18.5. The molecule has 1 aliphatic heterocycles. The molecule has 1 atom stereocenters. The number of imidazole rings is 1. The molecule has 0 radical (unpaired) electrons. The minimum Gasteiger partial charge on any atom is -0.394 e. The fraction of sp³-hybridized carbons (Fsp3) is 0.438. The van der Waals surface area contributed by atoms with Crippen LogP contribution in [0.4, 0.5) is 5.69 Å². The van der Waals surface area contributed by atoms with Gasteiger partial charge in [0.2, 0.25) is 0 Å². The van der Waals surface area contributed by atoms with E-state index in [1.54, 1.807) is 6.20 Å². The largest absolute Gasteiger partial charge is 0.394 e. The molecule has 2 aromatic rings. The van der Waals surface area contributed by atoms with Crippen LogP contribution in [0.1, 0.15) is 17.0 Å². The van der Waals surface area contributed by atoms with E-state index in [1.165, 1.54) is 16.8 Å². The van der Waals surface area contributed by atoms with Gasteiger partial charge in [0, 0.05) is 38.1 Å². The summed E-state index contributed by atoms with van der Waals surface area (Å²) in [6, 6.07) is 6.57. The van der Waals surface area contributed by atoms with Crippen LogP contribution in [-0.4, -0.2) is 46.1 Å². The second-order valence-corrected chi connectivity index (χ2v) is 5.64. The molecule has 0 spiro atoms. The number of hydrogen-bond donors (Lipinski definition) is 2. The minimum absolute atomic E-state index is 0.233. The van der Waals surface area contributed by atoms with Crippen molar-refractivity contribution in [1.29, 1.82) is 0 Å². The lowest BCUT2D eigenvalue weighted by Crippen LogP contribution is -2.20. The van der Waals surface area contributed by atoms with E-state index in [0.29, 0.717) is 6.54 Å². The smallest absolute Gasteiger partial charge is 0.113 e. The first kappa shape index (κ1) is 14.1. The Morgan fingerprint density at radius 1 is 1.38 bits per heavy atom. The first-order chi connectivity index (χ1) is 10.2. The van der Waals surface area contributed by atoms with E-state index >= 15 is 0 Å². The number of likely N-dealkylation sites (N-methyl/N-ethyl adjacent to an activating group) is 1. The van der Waals surface area contributed by atoms with E-state index in [4.69, 9.17) is 5.11 Å². The molecule has 2 heterocycles. The van der Waals surface area contributed by atoms with Crippen LogP contribution in [0.2, 0.25) is 0 Å². The van der Waals surface area contributed by atoms with E-state index in [9.17, 15) is 5.11 Å². The molecule has 21 heavy (non-hydrogen) atoms. The average molecular weight is 287 g/mol. The highest BCUT2D eigenvalue weighted by Crippen LogP contribution is 2.28. The quantitative estimate of drug-likeness (QED) is 0.855. The summed E-state index contributed by atoms with van der Waals surface area (Å²) in [6.07, 6.45) is 4.67. The monoisotopic (exact) mass is 287 g/mol. The average Bonchev–Trinajstić information content (AvgIpc) is 3.06. The molecule has 0 fully saturated rings. The topological polar surface area (TPSA) is 61.5 Å². The molecule has 0 aliphatic carbocycles. The van der Waals surface area contributed by atoms with Gasteiger partial charge in [-0.2, -0.15) is 0 Å². The molecule has 2 N–H and O–H groups in total. The van der Waals surface area contributed by atoms with Gasteiger partial charge in [-0.1, -0.05) is 12.1 Å². The maximum Gasteiger partial charge on any atom is 0.113 e. The molecule has 112 valence electrons. The van der Waals surface area contributed by atoms with E-state index in [2.05, 4.69) is 35.1 Å². The molecular weight excluding hydrogens is 266 g/mol. The second-order valence-electron chi connectivity index (χ2n) is 5.64. The Balaban J connectivity index is 1.77. The van der Waals surface area contributed by atoms with Crippen molar-refractivity contribution in [3.63, 3.8) is 0 Å². The summed E-state index contributed by atoms with van der Waals surface area (Å²) >= 11 is 0. The van der Waals surface area contributed by atoms with E-state index < -0.39 is 6.10 Å². The lowest BCUT2D eigenvalue weighted by Gasteiger charge is -2.13. The predicted molar refractivity (Wildman–Crippen MR) is 81.5 cm³/mol. The normalized spacial score (nSPS) is 15.3. The fourth-order valence-corrected chi connectivity index (χ4v) is 2.87. The van der Waals surface area contributed by atoms with Crippen molar-refractivity contribution in [1.82, 2.24) is 9.55 Å². The number of anilines is 1. The zero-order chi connectivity index (χ0) is 14.8. The van der Waals surface area contributed by atoms with Gasteiger partial charge in [-0.05, 0) is 23.6 Å². The highest BCUT2D eigenvalue weighted by atomic mass is 16.3. The number of fused-ring (bicyclic) bond motifs is 1. The van der Waals surface area contributed by atoms with Crippen molar-refractivity contribution in [3.05, 3.63) is 47.5 Å². The molecule has 3 rings (SSSR count). The van der Waals surface area contributed by atoms with Gasteiger partial charge >= 0.3 is 0 Å². The van der Waals surface area contributed by atoms with Crippen LogP contribution < -0.4 is 4.90 Å². The summed E-state index contributed by atoms with van der Waals surface area (Å²) < 4.78 is 1.90. The van der Waals surface area contributed by atoms with Crippen LogP contribution in [0.5, 0.6) is 0 Å². The van der Waals surface area contributed by atoms with Crippen molar-refractivity contribution in [2.45, 2.75) is 25.5 Å². The van der Waals surface area contributed by atoms with Gasteiger partial charge in [-0.3, -0.25) is 0 Å². The minimum atomic E-state index is -0.744. The molecule has 0 bridgehead atoms. The standard InChI is InChI=1S/C16H21N3O2/c1-18-6-4-13-8-12(2-3-15(13)18)9-16-17-5-7-19(16)10-14(21)11-20/h2-3,5,7-8,14,20-21H,4,6,9-11H2,1H3. The highest BCUT2D eigenvalue weighted by molar-refractivity contribution is 5.58. The molecule has 1 unspecified atom stereocenters. The molecule has 5 heteroatoms. The molecule has 0 saturated carbocycles. The number of aliphatic hydroxyl groups excluding tert-OH is 2. The fourth-order valence-electron chi connectivity index (χ4n) is 2.87. The van der Waals surface area contributed by atoms with Gasteiger partial charge in [0.15, 0.2) is 0 Å². The summed E-state index contributed by atoms with van der Waals surface area (Å²) in [6.45, 7) is 1.22. The molecule has 0 saturated heterocycles. The predicted octanol–water partition coefficient (Wildman–Crippen LogP) is 0.819. The van der Waals surface area contributed by atoms with Crippen LogP contribution in [-0.2, 0) is 19.4 Å². The van der Waals surface area contributed by atoms with Crippen molar-refractivity contribution in [2.24, 2.45) is 0 Å². The Hall–Kier alpha value is -1.85. The van der Waals surface area contributed by atoms with Crippen LogP contribution in [0.15, 0.2) is 30.6 Å². The third kappa shape index (κ3) is 2.94. The molecule has 1 aromatic carbocycles. The Kier molecular flexibility index (Phi) is 3.94. The summed E-state index contributed by atoms with van der Waals surface area (Å²) in [7, 11) is 2.12. The van der Waals surface area contributed by atoms with E-state index in [1.807, 2.05) is 10.8 Å². The lowest BCUT2D eigenvalue weighted by molar-refractivity contribution is 0.0806. The van der Waals surface area contributed by atoms with Gasteiger partial charge in [0.25, 0.3) is 0 Å². The molecule has 1 aliphatic rings. The third-order valence-electron chi connectivity index (χ3n) is 4.05. The van der Waals surface area contributed by atoms with E-state index in [-0.39, 0.29) is 6.61 Å². The maximum atomic E-state index is 9.57. The molecule has 1 aromatic heterocycles. The second kappa shape index (κ2) is 5.87. The first-order valence-electron chi connectivity index (χ1n) is 7.29. The van der Waals surface area contributed by atoms with Crippen LogP contribution in [0.25, 0.3) is 0 Å². The van der Waals surface area contributed by atoms with Gasteiger partial charge in [0.1, 0.15) is 5.82 Å². The summed E-state index contributed by atoms with van der Waals surface area (Å²) in [4.78, 5) is 6.64. The Morgan fingerprint density at radius 3 is 3.05 bits per heavy atom. The Labute approximate surface area is 124 Å². The maximum absolute atomic E-state index is 9.57. The van der Waals surface area contributed by atoms with Gasteiger partial charge in [-0.25, -0.2) is 4.98 Å². The highest BCUT2D eigenvalue weighted by Gasteiger charge is 2.16. The molecular formula is C16H21N3O2. The number of hydrogen-bond acceptors (Lipinski definition) is 4. The number of benzene rings is 1. The van der Waals surface area contributed by atoms with Crippen molar-refractivity contribution < 1.29 is 10.2 Å². The lowest BCUT2D eigenvalue weighted by atomic mass is 10.1. The number of aromatic nitrogens is 2. The number of aliphatic hydroxyl groups is 2. The molecule has 0 amide bonds. The molecule has 5 nitrogen and oxygen atoms in total.